The quantitative estimate of drug-likeness (QED) is 0.744. The first kappa shape index (κ1) is 15.1. The highest BCUT2D eigenvalue weighted by Gasteiger charge is 2.07. The van der Waals surface area contributed by atoms with Crippen molar-refractivity contribution in [2.75, 3.05) is 6.54 Å². The molecule has 0 saturated carbocycles. The minimum Gasteiger partial charge on any atom is -0.481 e. The van der Waals surface area contributed by atoms with Crippen molar-refractivity contribution in [2.24, 2.45) is 0 Å². The maximum absolute atomic E-state index is 13.3. The number of carboxylic acid groups (broad SMARTS) is 1. The summed E-state index contributed by atoms with van der Waals surface area (Å²) in [5.74, 6) is -2.32. The summed E-state index contributed by atoms with van der Waals surface area (Å²) in [5, 5.41) is 10.9. The first-order chi connectivity index (χ1) is 8.99. The number of nitrogens with one attached hydrogen (secondary N) is 1. The third-order valence-electron chi connectivity index (χ3n) is 2.52. The normalized spacial score (nSPS) is 10.2. The largest absolute Gasteiger partial charge is 0.481 e. The van der Waals surface area contributed by atoms with Crippen molar-refractivity contribution in [1.82, 2.24) is 5.32 Å². The van der Waals surface area contributed by atoms with Gasteiger partial charge in [0.05, 0.1) is 0 Å². The Labute approximate surface area is 109 Å². The summed E-state index contributed by atoms with van der Waals surface area (Å²) in [4.78, 5) is 21.6. The Morgan fingerprint density at radius 3 is 2.63 bits per heavy atom. The van der Waals surface area contributed by atoms with Crippen molar-refractivity contribution in [1.29, 1.82) is 0 Å². The summed E-state index contributed by atoms with van der Waals surface area (Å²) in [6.07, 6.45) is 0.468. The highest BCUT2D eigenvalue weighted by atomic mass is 19.1. The molecule has 19 heavy (non-hydrogen) atoms. The van der Waals surface area contributed by atoms with E-state index < -0.39 is 17.6 Å². The number of hydrogen-bond donors (Lipinski definition) is 2. The smallest absolute Gasteiger partial charge is 0.303 e. The Hall–Kier alpha value is -1.98. The number of halogens is 2. The second-order valence-electron chi connectivity index (χ2n) is 4.08. The maximum atomic E-state index is 13.3. The van der Waals surface area contributed by atoms with Gasteiger partial charge in [-0.1, -0.05) is 0 Å². The average molecular weight is 271 g/mol. The van der Waals surface area contributed by atoms with Crippen molar-refractivity contribution in [3.05, 3.63) is 35.4 Å². The summed E-state index contributed by atoms with van der Waals surface area (Å²) < 4.78 is 26.1. The number of carbonyl (C=O) groups is 2. The van der Waals surface area contributed by atoms with Crippen LogP contribution < -0.4 is 5.32 Å². The number of carboxylic acids is 1. The van der Waals surface area contributed by atoms with E-state index in [4.69, 9.17) is 5.11 Å². The lowest BCUT2D eigenvalue weighted by molar-refractivity contribution is -0.137. The van der Waals surface area contributed by atoms with Gasteiger partial charge in [-0.3, -0.25) is 9.59 Å². The molecule has 2 N–H and O–H groups in total. The Kier molecular flexibility index (Phi) is 5.92. The van der Waals surface area contributed by atoms with Crippen molar-refractivity contribution in [3.8, 4) is 0 Å². The number of amides is 1. The summed E-state index contributed by atoms with van der Waals surface area (Å²) in [6, 6.07) is 3.10. The van der Waals surface area contributed by atoms with Gasteiger partial charge in [-0.25, -0.2) is 8.78 Å². The number of hydrogen-bond acceptors (Lipinski definition) is 2. The Balaban J connectivity index is 2.30. The van der Waals surface area contributed by atoms with Crippen molar-refractivity contribution >= 4 is 11.9 Å². The van der Waals surface area contributed by atoms with Crippen LogP contribution in [0, 0.1) is 11.6 Å². The zero-order valence-electron chi connectivity index (χ0n) is 10.3. The monoisotopic (exact) mass is 271 g/mol. The van der Waals surface area contributed by atoms with Crippen LogP contribution in [0.3, 0.4) is 0 Å². The lowest BCUT2D eigenvalue weighted by atomic mass is 10.1. The van der Waals surface area contributed by atoms with Gasteiger partial charge in [0.15, 0.2) is 0 Å². The molecule has 0 radical (unpaired) electrons. The van der Waals surface area contributed by atoms with Crippen molar-refractivity contribution < 1.29 is 23.5 Å². The molecule has 0 fully saturated rings. The molecular formula is C13H15F2NO3. The van der Waals surface area contributed by atoms with Crippen LogP contribution in [-0.4, -0.2) is 23.5 Å². The molecule has 1 aromatic rings. The molecule has 0 aliphatic heterocycles. The van der Waals surface area contributed by atoms with Crippen LogP contribution >= 0.6 is 0 Å². The van der Waals surface area contributed by atoms with E-state index in [0.29, 0.717) is 6.42 Å². The fourth-order valence-electron chi connectivity index (χ4n) is 1.54. The molecule has 0 unspecified atom stereocenters. The second kappa shape index (κ2) is 7.45. The highest BCUT2D eigenvalue weighted by molar-refractivity contribution is 5.76. The van der Waals surface area contributed by atoms with Gasteiger partial charge >= 0.3 is 5.97 Å². The SMILES string of the molecule is O=C(O)CCCNC(=O)CCc1cc(F)ccc1F. The van der Waals surface area contributed by atoms with Gasteiger partial charge in [0, 0.05) is 19.4 Å². The summed E-state index contributed by atoms with van der Waals surface area (Å²) >= 11 is 0. The van der Waals surface area contributed by atoms with Gasteiger partial charge in [0.2, 0.25) is 5.91 Å². The van der Waals surface area contributed by atoms with E-state index in [2.05, 4.69) is 5.32 Å². The topological polar surface area (TPSA) is 66.4 Å². The maximum Gasteiger partial charge on any atom is 0.303 e. The third kappa shape index (κ3) is 5.94. The van der Waals surface area contributed by atoms with E-state index >= 15 is 0 Å². The molecule has 6 heteroatoms. The van der Waals surface area contributed by atoms with Crippen LogP contribution in [0.4, 0.5) is 8.78 Å². The lowest BCUT2D eigenvalue weighted by Crippen LogP contribution is -2.25. The average Bonchev–Trinajstić information content (AvgIpc) is 2.35. The van der Waals surface area contributed by atoms with Gasteiger partial charge in [-0.05, 0) is 36.6 Å². The van der Waals surface area contributed by atoms with E-state index in [9.17, 15) is 18.4 Å². The van der Waals surface area contributed by atoms with Gasteiger partial charge in [0.1, 0.15) is 11.6 Å². The molecule has 0 aromatic heterocycles. The predicted octanol–water partition coefficient (Wildman–Crippen LogP) is 1.88. The fraction of sp³-hybridized carbons (Fsp3) is 0.385. The van der Waals surface area contributed by atoms with Crippen LogP contribution in [0.25, 0.3) is 0 Å². The molecule has 1 rings (SSSR count). The van der Waals surface area contributed by atoms with E-state index in [1.54, 1.807) is 0 Å². The van der Waals surface area contributed by atoms with E-state index in [1.807, 2.05) is 0 Å². The van der Waals surface area contributed by atoms with Gasteiger partial charge in [-0.2, -0.15) is 0 Å². The van der Waals surface area contributed by atoms with Crippen molar-refractivity contribution in [2.45, 2.75) is 25.7 Å². The number of aryl methyl sites for hydroxylation is 1. The molecule has 0 spiro atoms. The number of rotatable bonds is 7. The molecule has 4 nitrogen and oxygen atoms in total. The minimum atomic E-state index is -0.920. The van der Waals surface area contributed by atoms with E-state index in [-0.39, 0.29) is 37.3 Å². The Morgan fingerprint density at radius 1 is 1.21 bits per heavy atom. The van der Waals surface area contributed by atoms with E-state index in [0.717, 1.165) is 18.2 Å². The van der Waals surface area contributed by atoms with E-state index in [1.165, 1.54) is 0 Å². The first-order valence-corrected chi connectivity index (χ1v) is 5.91. The van der Waals surface area contributed by atoms with Crippen LogP contribution in [0.2, 0.25) is 0 Å². The van der Waals surface area contributed by atoms with Crippen LogP contribution in [0.15, 0.2) is 18.2 Å². The molecule has 0 bridgehead atoms. The molecule has 1 amide bonds. The summed E-state index contributed by atoms with van der Waals surface area (Å²) in [6.45, 7) is 0.261. The zero-order valence-corrected chi connectivity index (χ0v) is 10.3. The summed E-state index contributed by atoms with van der Waals surface area (Å²) in [7, 11) is 0. The molecule has 1 aromatic carbocycles. The molecule has 0 aliphatic carbocycles. The highest BCUT2D eigenvalue weighted by Crippen LogP contribution is 2.11. The lowest BCUT2D eigenvalue weighted by Gasteiger charge is -2.05. The molecule has 0 aliphatic rings. The molecule has 0 heterocycles. The molecule has 104 valence electrons. The molecular weight excluding hydrogens is 256 g/mol. The van der Waals surface area contributed by atoms with Crippen LogP contribution in [0.1, 0.15) is 24.8 Å². The van der Waals surface area contributed by atoms with Gasteiger partial charge in [0.25, 0.3) is 0 Å². The van der Waals surface area contributed by atoms with Crippen LogP contribution in [0.5, 0.6) is 0 Å². The minimum absolute atomic E-state index is 0.0151. The first-order valence-electron chi connectivity index (χ1n) is 5.91. The number of aliphatic carboxylic acids is 1. The molecule has 0 atom stereocenters. The van der Waals surface area contributed by atoms with Gasteiger partial charge in [-0.15, -0.1) is 0 Å². The third-order valence-corrected chi connectivity index (χ3v) is 2.52. The second-order valence-corrected chi connectivity index (χ2v) is 4.08. The van der Waals surface area contributed by atoms with Crippen molar-refractivity contribution in [3.63, 3.8) is 0 Å². The Morgan fingerprint density at radius 2 is 1.95 bits per heavy atom. The van der Waals surface area contributed by atoms with Crippen LogP contribution in [-0.2, 0) is 16.0 Å². The Bertz CT molecular complexity index is 463. The number of carbonyl (C=O) groups excluding carboxylic acids is 1. The van der Waals surface area contributed by atoms with Gasteiger partial charge < -0.3 is 10.4 Å². The molecule has 0 saturated heterocycles. The number of benzene rings is 1. The fourth-order valence-corrected chi connectivity index (χ4v) is 1.54. The standard InChI is InChI=1S/C13H15F2NO3/c14-10-4-5-11(15)9(8-10)3-6-12(17)16-7-1-2-13(18)19/h4-5,8H,1-3,6-7H2,(H,16,17)(H,18,19). The summed E-state index contributed by atoms with van der Waals surface area (Å²) in [5.41, 5.74) is 0.153. The zero-order chi connectivity index (χ0) is 14.3. The predicted molar refractivity (Wildman–Crippen MR) is 64.6 cm³/mol.